The molecule has 0 spiro atoms. The van der Waals surface area contributed by atoms with Gasteiger partial charge in [-0.25, -0.2) is 4.98 Å². The van der Waals surface area contributed by atoms with Crippen molar-refractivity contribution in [1.82, 2.24) is 15.2 Å². The number of H-pyrrole nitrogens is 1. The van der Waals surface area contributed by atoms with Gasteiger partial charge >= 0.3 is 5.97 Å². The van der Waals surface area contributed by atoms with E-state index in [0.29, 0.717) is 11.6 Å². The van der Waals surface area contributed by atoms with Crippen molar-refractivity contribution in [2.75, 3.05) is 12.9 Å². The number of esters is 1. The first-order valence-electron chi connectivity index (χ1n) is 5.43. The lowest BCUT2D eigenvalue weighted by atomic mass is 10.1. The molecule has 0 radical (unpaired) electrons. The topological polar surface area (TPSA) is 67.9 Å². The van der Waals surface area contributed by atoms with Crippen LogP contribution in [-0.2, 0) is 16.0 Å². The van der Waals surface area contributed by atoms with Crippen molar-refractivity contribution in [3.05, 3.63) is 41.7 Å². The summed E-state index contributed by atoms with van der Waals surface area (Å²) in [5.41, 5.74) is 1.16. The van der Waals surface area contributed by atoms with Crippen molar-refractivity contribution in [3.63, 3.8) is 0 Å². The molecule has 2 rings (SSSR count). The Labute approximate surface area is 109 Å². The smallest absolute Gasteiger partial charge is 0.316 e. The fourth-order valence-electron chi connectivity index (χ4n) is 1.39. The standard InChI is InChI=1S/C12H13N3O2S/c1-17-11(16)8-18-12-13-10(14-15-12)7-9-5-3-2-4-6-9/h2-6H,7-8H2,1H3,(H,13,14,15). The number of carbonyl (C=O) groups is 1. The van der Waals surface area contributed by atoms with E-state index in [1.165, 1.54) is 18.9 Å². The second kappa shape index (κ2) is 6.20. The van der Waals surface area contributed by atoms with E-state index in [9.17, 15) is 4.79 Å². The van der Waals surface area contributed by atoms with Crippen LogP contribution in [0.5, 0.6) is 0 Å². The third kappa shape index (κ3) is 3.59. The molecule has 0 aliphatic heterocycles. The van der Waals surface area contributed by atoms with Gasteiger partial charge in [0.15, 0.2) is 0 Å². The minimum atomic E-state index is -0.283. The first-order valence-corrected chi connectivity index (χ1v) is 6.41. The molecule has 0 aliphatic carbocycles. The summed E-state index contributed by atoms with van der Waals surface area (Å²) in [5, 5.41) is 7.46. The molecule has 0 fully saturated rings. The summed E-state index contributed by atoms with van der Waals surface area (Å²) in [7, 11) is 1.36. The Bertz CT molecular complexity index is 513. The number of rotatable bonds is 5. The van der Waals surface area contributed by atoms with Crippen LogP contribution in [0.2, 0.25) is 0 Å². The van der Waals surface area contributed by atoms with Gasteiger partial charge < -0.3 is 4.74 Å². The zero-order valence-electron chi connectivity index (χ0n) is 9.92. The molecular formula is C12H13N3O2S. The summed E-state index contributed by atoms with van der Waals surface area (Å²) in [6.45, 7) is 0. The zero-order valence-corrected chi connectivity index (χ0v) is 10.7. The molecule has 18 heavy (non-hydrogen) atoms. The van der Waals surface area contributed by atoms with Gasteiger partial charge in [0.25, 0.3) is 0 Å². The Balaban J connectivity index is 1.92. The van der Waals surface area contributed by atoms with Crippen LogP contribution < -0.4 is 0 Å². The maximum atomic E-state index is 11.0. The van der Waals surface area contributed by atoms with Gasteiger partial charge in [-0.3, -0.25) is 9.89 Å². The van der Waals surface area contributed by atoms with Gasteiger partial charge in [0.2, 0.25) is 5.16 Å². The average Bonchev–Trinajstić information content (AvgIpc) is 2.85. The second-order valence-electron chi connectivity index (χ2n) is 3.59. The van der Waals surface area contributed by atoms with Crippen molar-refractivity contribution < 1.29 is 9.53 Å². The number of hydrogen-bond acceptors (Lipinski definition) is 5. The monoisotopic (exact) mass is 263 g/mol. The molecule has 1 heterocycles. The van der Waals surface area contributed by atoms with Crippen molar-refractivity contribution in [2.24, 2.45) is 0 Å². The van der Waals surface area contributed by atoms with E-state index in [0.717, 1.165) is 11.4 Å². The fourth-order valence-corrected chi connectivity index (χ4v) is 2.04. The number of benzene rings is 1. The van der Waals surface area contributed by atoms with E-state index in [4.69, 9.17) is 0 Å². The molecule has 0 unspecified atom stereocenters. The van der Waals surface area contributed by atoms with E-state index in [1.807, 2.05) is 30.3 Å². The molecule has 1 N–H and O–H groups in total. The first kappa shape index (κ1) is 12.6. The number of aromatic amines is 1. The summed E-state index contributed by atoms with van der Waals surface area (Å²) in [6, 6.07) is 10.0. The molecule has 0 bridgehead atoms. The number of ether oxygens (including phenoxy) is 1. The third-order valence-electron chi connectivity index (χ3n) is 2.27. The normalized spacial score (nSPS) is 10.3. The number of nitrogens with zero attached hydrogens (tertiary/aromatic N) is 2. The average molecular weight is 263 g/mol. The van der Waals surface area contributed by atoms with Gasteiger partial charge in [-0.1, -0.05) is 42.1 Å². The maximum absolute atomic E-state index is 11.0. The molecule has 6 heteroatoms. The van der Waals surface area contributed by atoms with Crippen molar-refractivity contribution in [2.45, 2.75) is 11.6 Å². The van der Waals surface area contributed by atoms with Crippen LogP contribution in [0.25, 0.3) is 0 Å². The summed E-state index contributed by atoms with van der Waals surface area (Å²) in [5.74, 6) is 0.724. The number of carbonyl (C=O) groups excluding carboxylic acids is 1. The Morgan fingerprint density at radius 1 is 1.39 bits per heavy atom. The SMILES string of the molecule is COC(=O)CSc1n[nH]c(Cc2ccccc2)n1. The van der Waals surface area contributed by atoms with E-state index < -0.39 is 0 Å². The van der Waals surface area contributed by atoms with Gasteiger partial charge in [0.1, 0.15) is 5.82 Å². The molecular weight excluding hydrogens is 250 g/mol. The van der Waals surface area contributed by atoms with E-state index in [1.54, 1.807) is 0 Å². The fraction of sp³-hybridized carbons (Fsp3) is 0.250. The van der Waals surface area contributed by atoms with Crippen molar-refractivity contribution >= 4 is 17.7 Å². The summed E-state index contributed by atoms with van der Waals surface area (Å²) < 4.78 is 4.55. The highest BCUT2D eigenvalue weighted by Gasteiger charge is 2.07. The summed E-state index contributed by atoms with van der Waals surface area (Å²) >= 11 is 1.26. The summed E-state index contributed by atoms with van der Waals surface area (Å²) in [6.07, 6.45) is 0.701. The molecule has 0 amide bonds. The molecule has 0 aliphatic rings. The molecule has 0 atom stereocenters. The quantitative estimate of drug-likeness (QED) is 0.656. The molecule has 1 aromatic heterocycles. The Morgan fingerprint density at radius 2 is 2.17 bits per heavy atom. The van der Waals surface area contributed by atoms with Crippen LogP contribution in [0.4, 0.5) is 0 Å². The highest BCUT2D eigenvalue weighted by Crippen LogP contribution is 2.13. The number of nitrogens with one attached hydrogen (secondary N) is 1. The van der Waals surface area contributed by atoms with Gasteiger partial charge in [-0.2, -0.15) is 0 Å². The van der Waals surface area contributed by atoms with Gasteiger partial charge in [0.05, 0.1) is 12.9 Å². The number of methoxy groups -OCH3 is 1. The minimum absolute atomic E-state index is 0.221. The molecule has 94 valence electrons. The summed E-state index contributed by atoms with van der Waals surface area (Å²) in [4.78, 5) is 15.3. The predicted octanol–water partition coefficient (Wildman–Crippen LogP) is 1.66. The lowest BCUT2D eigenvalue weighted by molar-refractivity contribution is -0.137. The third-order valence-corrected chi connectivity index (χ3v) is 3.09. The largest absolute Gasteiger partial charge is 0.468 e. The van der Waals surface area contributed by atoms with Crippen LogP contribution in [0.3, 0.4) is 0 Å². The molecule has 0 saturated carbocycles. The van der Waals surface area contributed by atoms with E-state index in [-0.39, 0.29) is 11.7 Å². The first-order chi connectivity index (χ1) is 8.78. The highest BCUT2D eigenvalue weighted by molar-refractivity contribution is 7.99. The molecule has 0 saturated heterocycles. The van der Waals surface area contributed by atoms with Crippen LogP contribution in [-0.4, -0.2) is 34.0 Å². The molecule has 2 aromatic rings. The van der Waals surface area contributed by atoms with Gasteiger partial charge in [-0.05, 0) is 5.56 Å². The zero-order chi connectivity index (χ0) is 12.8. The molecule has 5 nitrogen and oxygen atoms in total. The van der Waals surface area contributed by atoms with Crippen LogP contribution in [0.1, 0.15) is 11.4 Å². The Hall–Kier alpha value is -1.82. The molecule has 1 aromatic carbocycles. The van der Waals surface area contributed by atoms with Gasteiger partial charge in [-0.15, -0.1) is 5.10 Å². The van der Waals surface area contributed by atoms with Crippen molar-refractivity contribution in [3.8, 4) is 0 Å². The van der Waals surface area contributed by atoms with Crippen molar-refractivity contribution in [1.29, 1.82) is 0 Å². The number of thioether (sulfide) groups is 1. The Kier molecular flexibility index (Phi) is 4.35. The van der Waals surface area contributed by atoms with E-state index >= 15 is 0 Å². The minimum Gasteiger partial charge on any atom is -0.468 e. The lowest BCUT2D eigenvalue weighted by Gasteiger charge is -1.96. The van der Waals surface area contributed by atoms with E-state index in [2.05, 4.69) is 19.9 Å². The maximum Gasteiger partial charge on any atom is 0.316 e. The number of hydrogen-bond donors (Lipinski definition) is 1. The lowest BCUT2D eigenvalue weighted by Crippen LogP contribution is -2.03. The van der Waals surface area contributed by atoms with Gasteiger partial charge in [0, 0.05) is 6.42 Å². The predicted molar refractivity (Wildman–Crippen MR) is 68.4 cm³/mol. The second-order valence-corrected chi connectivity index (χ2v) is 4.53. The highest BCUT2D eigenvalue weighted by atomic mass is 32.2. The van der Waals surface area contributed by atoms with Crippen LogP contribution in [0, 0.1) is 0 Å². The Morgan fingerprint density at radius 3 is 2.89 bits per heavy atom. The number of aromatic nitrogens is 3. The van der Waals surface area contributed by atoms with Crippen LogP contribution >= 0.6 is 11.8 Å². The van der Waals surface area contributed by atoms with Crippen LogP contribution in [0.15, 0.2) is 35.5 Å².